The van der Waals surface area contributed by atoms with Crippen LogP contribution < -0.4 is 15.0 Å². The standard InChI is InChI=1S/C21H15ClN2O4/c1-12-8-15(16(11-23)20(25)24-12)14-9-17(22)19(18(10-14)27-2)28-21(26)13-6-4-3-5-7-13/h3-10H,1-2H3,(H,24,25). The summed E-state index contributed by atoms with van der Waals surface area (Å²) in [6, 6.07) is 15.1. The number of hydrogen-bond donors (Lipinski definition) is 1. The van der Waals surface area contributed by atoms with E-state index < -0.39 is 11.5 Å². The van der Waals surface area contributed by atoms with E-state index in [-0.39, 0.29) is 22.1 Å². The molecular weight excluding hydrogens is 380 g/mol. The molecule has 0 atom stereocenters. The van der Waals surface area contributed by atoms with Crippen LogP contribution in [0.1, 0.15) is 21.6 Å². The molecular formula is C21H15ClN2O4. The lowest BCUT2D eigenvalue weighted by atomic mass is 10.0. The van der Waals surface area contributed by atoms with E-state index in [1.165, 1.54) is 13.2 Å². The Kier molecular flexibility index (Phi) is 5.48. The van der Waals surface area contributed by atoms with E-state index in [9.17, 15) is 14.9 Å². The number of benzene rings is 2. The maximum atomic E-state index is 12.4. The fourth-order valence-electron chi connectivity index (χ4n) is 2.73. The molecule has 0 saturated carbocycles. The number of pyridine rings is 1. The van der Waals surface area contributed by atoms with Gasteiger partial charge < -0.3 is 14.5 Å². The number of aromatic nitrogens is 1. The fraction of sp³-hybridized carbons (Fsp3) is 0.0952. The van der Waals surface area contributed by atoms with Crippen LogP contribution in [-0.4, -0.2) is 18.1 Å². The Hall–Kier alpha value is -3.56. The van der Waals surface area contributed by atoms with Gasteiger partial charge in [-0.2, -0.15) is 5.26 Å². The molecule has 3 aromatic rings. The van der Waals surface area contributed by atoms with Crippen molar-refractivity contribution < 1.29 is 14.3 Å². The van der Waals surface area contributed by atoms with Crippen molar-refractivity contribution >= 4 is 17.6 Å². The number of rotatable bonds is 4. The van der Waals surface area contributed by atoms with Crippen molar-refractivity contribution in [3.05, 3.63) is 80.7 Å². The molecule has 0 unspecified atom stereocenters. The molecule has 0 radical (unpaired) electrons. The van der Waals surface area contributed by atoms with Gasteiger partial charge in [-0.25, -0.2) is 4.79 Å². The number of ether oxygens (including phenoxy) is 2. The van der Waals surface area contributed by atoms with Gasteiger partial charge in [0.15, 0.2) is 11.5 Å². The van der Waals surface area contributed by atoms with Crippen LogP contribution in [0.15, 0.2) is 53.3 Å². The molecule has 1 aromatic heterocycles. The number of nitriles is 1. The number of carbonyl (C=O) groups is 1. The van der Waals surface area contributed by atoms with E-state index in [1.54, 1.807) is 49.4 Å². The number of hydrogen-bond acceptors (Lipinski definition) is 5. The van der Waals surface area contributed by atoms with Crippen molar-refractivity contribution in [3.63, 3.8) is 0 Å². The summed E-state index contributed by atoms with van der Waals surface area (Å²) in [7, 11) is 1.41. The van der Waals surface area contributed by atoms with Gasteiger partial charge in [-0.3, -0.25) is 4.79 Å². The number of esters is 1. The molecule has 0 fully saturated rings. The number of aromatic amines is 1. The molecule has 0 saturated heterocycles. The molecule has 1 heterocycles. The van der Waals surface area contributed by atoms with Crippen LogP contribution in [-0.2, 0) is 0 Å². The monoisotopic (exact) mass is 394 g/mol. The molecule has 28 heavy (non-hydrogen) atoms. The summed E-state index contributed by atoms with van der Waals surface area (Å²) in [5, 5.41) is 9.45. The van der Waals surface area contributed by atoms with Crippen LogP contribution in [0, 0.1) is 18.3 Å². The fourth-order valence-corrected chi connectivity index (χ4v) is 2.98. The van der Waals surface area contributed by atoms with Crippen molar-refractivity contribution in [3.8, 4) is 28.7 Å². The van der Waals surface area contributed by atoms with Crippen LogP contribution in [0.3, 0.4) is 0 Å². The topological polar surface area (TPSA) is 92.2 Å². The van der Waals surface area contributed by atoms with Gasteiger partial charge in [-0.15, -0.1) is 0 Å². The minimum Gasteiger partial charge on any atom is -0.493 e. The van der Waals surface area contributed by atoms with E-state index in [1.807, 2.05) is 6.07 Å². The molecule has 7 heteroatoms. The average Bonchev–Trinajstić information content (AvgIpc) is 2.69. The number of H-pyrrole nitrogens is 1. The summed E-state index contributed by atoms with van der Waals surface area (Å²) in [6.45, 7) is 1.71. The third-order valence-electron chi connectivity index (χ3n) is 4.02. The van der Waals surface area contributed by atoms with Crippen molar-refractivity contribution in [1.82, 2.24) is 4.98 Å². The third kappa shape index (κ3) is 3.75. The number of aryl methyl sites for hydroxylation is 1. The Morgan fingerprint density at radius 2 is 1.89 bits per heavy atom. The van der Waals surface area contributed by atoms with Gasteiger partial charge in [-0.05, 0) is 42.8 Å². The highest BCUT2D eigenvalue weighted by molar-refractivity contribution is 6.32. The highest BCUT2D eigenvalue weighted by atomic mass is 35.5. The van der Waals surface area contributed by atoms with E-state index in [2.05, 4.69) is 4.98 Å². The van der Waals surface area contributed by atoms with Gasteiger partial charge in [0.1, 0.15) is 11.6 Å². The van der Waals surface area contributed by atoms with Crippen molar-refractivity contribution in [2.45, 2.75) is 6.92 Å². The van der Waals surface area contributed by atoms with Gasteiger partial charge in [0.05, 0.1) is 17.7 Å². The second-order valence-corrected chi connectivity index (χ2v) is 6.33. The number of carbonyl (C=O) groups excluding carboxylic acids is 1. The zero-order valence-corrected chi connectivity index (χ0v) is 15.8. The third-order valence-corrected chi connectivity index (χ3v) is 4.31. The zero-order valence-electron chi connectivity index (χ0n) is 15.1. The van der Waals surface area contributed by atoms with E-state index in [0.29, 0.717) is 22.4 Å². The van der Waals surface area contributed by atoms with Gasteiger partial charge in [0.25, 0.3) is 5.56 Å². The van der Waals surface area contributed by atoms with Crippen LogP contribution >= 0.6 is 11.6 Å². The Morgan fingerprint density at radius 3 is 2.54 bits per heavy atom. The smallest absolute Gasteiger partial charge is 0.343 e. The van der Waals surface area contributed by atoms with Crippen molar-refractivity contribution in [2.24, 2.45) is 0 Å². The second-order valence-electron chi connectivity index (χ2n) is 5.93. The molecule has 3 rings (SSSR count). The second kappa shape index (κ2) is 7.99. The number of nitrogens with one attached hydrogen (secondary N) is 1. The highest BCUT2D eigenvalue weighted by Gasteiger charge is 2.19. The van der Waals surface area contributed by atoms with Gasteiger partial charge in [0, 0.05) is 11.3 Å². The predicted octanol–water partition coefficient (Wildman–Crippen LogP) is 4.10. The first-order chi connectivity index (χ1) is 13.4. The molecule has 0 spiro atoms. The maximum Gasteiger partial charge on any atom is 0.343 e. The van der Waals surface area contributed by atoms with E-state index in [0.717, 1.165) is 0 Å². The SMILES string of the molecule is COc1cc(-c2cc(C)[nH]c(=O)c2C#N)cc(Cl)c1OC(=O)c1ccccc1. The Bertz CT molecular complexity index is 1150. The number of halogens is 1. The number of nitrogens with zero attached hydrogens (tertiary/aromatic N) is 1. The van der Waals surface area contributed by atoms with Crippen LogP contribution in [0.4, 0.5) is 0 Å². The summed E-state index contributed by atoms with van der Waals surface area (Å²) in [4.78, 5) is 27.0. The maximum absolute atomic E-state index is 12.4. The first-order valence-corrected chi connectivity index (χ1v) is 8.61. The van der Waals surface area contributed by atoms with Crippen molar-refractivity contribution in [1.29, 1.82) is 5.26 Å². The Balaban J connectivity index is 2.08. The molecule has 0 aliphatic rings. The van der Waals surface area contributed by atoms with Gasteiger partial charge in [-0.1, -0.05) is 29.8 Å². The summed E-state index contributed by atoms with van der Waals surface area (Å²) in [5.41, 5.74) is 1.32. The lowest BCUT2D eigenvalue weighted by molar-refractivity contribution is 0.0730. The molecule has 6 nitrogen and oxygen atoms in total. The summed E-state index contributed by atoms with van der Waals surface area (Å²) < 4.78 is 10.7. The van der Waals surface area contributed by atoms with Crippen LogP contribution in [0.25, 0.3) is 11.1 Å². The normalized spacial score (nSPS) is 10.2. The Morgan fingerprint density at radius 1 is 1.18 bits per heavy atom. The summed E-state index contributed by atoms with van der Waals surface area (Å²) in [6.07, 6.45) is 0. The minimum absolute atomic E-state index is 0.0437. The number of methoxy groups -OCH3 is 1. The molecule has 1 N–H and O–H groups in total. The largest absolute Gasteiger partial charge is 0.493 e. The minimum atomic E-state index is -0.585. The lowest BCUT2D eigenvalue weighted by Gasteiger charge is -2.14. The van der Waals surface area contributed by atoms with Crippen LogP contribution in [0.2, 0.25) is 5.02 Å². The predicted molar refractivity (Wildman–Crippen MR) is 105 cm³/mol. The average molecular weight is 395 g/mol. The first kappa shape index (κ1) is 19.2. The highest BCUT2D eigenvalue weighted by Crippen LogP contribution is 2.40. The zero-order chi connectivity index (χ0) is 20.3. The molecule has 2 aromatic carbocycles. The van der Waals surface area contributed by atoms with Crippen LogP contribution in [0.5, 0.6) is 11.5 Å². The quantitative estimate of drug-likeness (QED) is 0.531. The molecule has 140 valence electrons. The summed E-state index contributed by atoms with van der Waals surface area (Å²) >= 11 is 6.34. The molecule has 0 aliphatic heterocycles. The summed E-state index contributed by atoms with van der Waals surface area (Å²) in [5.74, 6) is -0.325. The van der Waals surface area contributed by atoms with E-state index >= 15 is 0 Å². The molecule has 0 aliphatic carbocycles. The van der Waals surface area contributed by atoms with Crippen molar-refractivity contribution in [2.75, 3.05) is 7.11 Å². The van der Waals surface area contributed by atoms with E-state index in [4.69, 9.17) is 21.1 Å². The van der Waals surface area contributed by atoms with Gasteiger partial charge >= 0.3 is 5.97 Å². The molecule has 0 amide bonds. The Labute approximate surface area is 165 Å². The lowest BCUT2D eigenvalue weighted by Crippen LogP contribution is -2.13. The first-order valence-electron chi connectivity index (χ1n) is 8.23. The molecule has 0 bridgehead atoms. The van der Waals surface area contributed by atoms with Gasteiger partial charge in [0.2, 0.25) is 0 Å².